The fraction of sp³-hybridized carbons (Fsp3) is 0.185. The summed E-state index contributed by atoms with van der Waals surface area (Å²) in [5.41, 5.74) is 3.61. The molecule has 0 fully saturated rings. The molecule has 0 aliphatic rings. The van der Waals surface area contributed by atoms with E-state index in [1.165, 1.54) is 0 Å². The van der Waals surface area contributed by atoms with Crippen LogP contribution < -0.4 is 10.1 Å². The minimum Gasteiger partial charge on any atom is -0.491 e. The molecule has 5 nitrogen and oxygen atoms in total. The number of carbonyl (C=O) groups is 1. The predicted molar refractivity (Wildman–Crippen MR) is 136 cm³/mol. The van der Waals surface area contributed by atoms with Gasteiger partial charge < -0.3 is 14.6 Å². The molecular formula is C27H26BrN3O2. The van der Waals surface area contributed by atoms with Gasteiger partial charge in [-0.05, 0) is 55.3 Å². The van der Waals surface area contributed by atoms with Crippen LogP contribution in [0, 0.1) is 0 Å². The van der Waals surface area contributed by atoms with E-state index in [2.05, 4.69) is 38.5 Å². The molecule has 6 heteroatoms. The predicted octanol–water partition coefficient (Wildman–Crippen LogP) is 6.10. The maximum absolute atomic E-state index is 12.8. The van der Waals surface area contributed by atoms with Crippen molar-refractivity contribution in [2.45, 2.75) is 25.9 Å². The number of imidazole rings is 1. The molecular weight excluding hydrogens is 478 g/mol. The highest BCUT2D eigenvalue weighted by atomic mass is 79.9. The van der Waals surface area contributed by atoms with Crippen LogP contribution in [-0.4, -0.2) is 22.1 Å². The van der Waals surface area contributed by atoms with Crippen molar-refractivity contribution in [3.63, 3.8) is 0 Å². The Balaban J connectivity index is 1.54. The molecule has 1 amide bonds. The van der Waals surface area contributed by atoms with Gasteiger partial charge in [-0.15, -0.1) is 6.58 Å². The first kappa shape index (κ1) is 22.8. The van der Waals surface area contributed by atoms with Gasteiger partial charge in [-0.25, -0.2) is 4.98 Å². The summed E-state index contributed by atoms with van der Waals surface area (Å²) < 4.78 is 9.11. The number of benzene rings is 3. The number of fused-ring (bicyclic) bond motifs is 1. The third kappa shape index (κ3) is 5.34. The minimum absolute atomic E-state index is 0.142. The number of ether oxygens (including phenoxy) is 1. The molecule has 0 spiro atoms. The third-order valence-corrected chi connectivity index (χ3v) is 5.91. The molecule has 168 valence electrons. The van der Waals surface area contributed by atoms with Crippen LogP contribution in [0.1, 0.15) is 34.7 Å². The van der Waals surface area contributed by atoms with Crippen molar-refractivity contribution in [2.24, 2.45) is 0 Å². The van der Waals surface area contributed by atoms with Crippen molar-refractivity contribution in [2.75, 3.05) is 6.61 Å². The number of nitrogens with zero attached hydrogens (tertiary/aromatic N) is 2. The third-order valence-electron chi connectivity index (χ3n) is 5.42. The van der Waals surface area contributed by atoms with Crippen LogP contribution in [0.3, 0.4) is 0 Å². The SMILES string of the molecule is C=CCc1ccccc1OCCn1c(C(C)NC(=O)c2cccc(Br)c2)nc2ccccc21. The molecule has 0 aliphatic heterocycles. The molecule has 1 unspecified atom stereocenters. The van der Waals surface area contributed by atoms with Crippen molar-refractivity contribution in [1.82, 2.24) is 14.9 Å². The van der Waals surface area contributed by atoms with Crippen molar-refractivity contribution < 1.29 is 9.53 Å². The van der Waals surface area contributed by atoms with E-state index in [4.69, 9.17) is 9.72 Å². The van der Waals surface area contributed by atoms with Gasteiger partial charge in [0.2, 0.25) is 0 Å². The standard InChI is InChI=1S/C27H26BrN3O2/c1-3-9-20-10-4-7-15-25(20)33-17-16-31-24-14-6-5-13-23(24)30-26(31)19(2)29-27(32)21-11-8-12-22(28)18-21/h3-8,10-15,18-19H,1,9,16-17H2,2H3,(H,29,32). The lowest BCUT2D eigenvalue weighted by atomic mass is 10.1. The van der Waals surface area contributed by atoms with Crippen LogP contribution >= 0.6 is 15.9 Å². The zero-order valence-electron chi connectivity index (χ0n) is 18.5. The lowest BCUT2D eigenvalue weighted by Gasteiger charge is -2.17. The molecule has 1 N–H and O–H groups in total. The maximum Gasteiger partial charge on any atom is 0.251 e. The topological polar surface area (TPSA) is 56.1 Å². The number of nitrogens with one attached hydrogen (secondary N) is 1. The van der Waals surface area contributed by atoms with Crippen molar-refractivity contribution in [3.05, 3.63) is 107 Å². The lowest BCUT2D eigenvalue weighted by molar-refractivity contribution is 0.0937. The largest absolute Gasteiger partial charge is 0.491 e. The Morgan fingerprint density at radius 1 is 1.15 bits per heavy atom. The Morgan fingerprint density at radius 2 is 1.94 bits per heavy atom. The number of hydrogen-bond donors (Lipinski definition) is 1. The summed E-state index contributed by atoms with van der Waals surface area (Å²) in [4.78, 5) is 17.6. The molecule has 0 bridgehead atoms. The first-order valence-electron chi connectivity index (χ1n) is 10.9. The molecule has 3 aromatic carbocycles. The molecule has 0 aliphatic carbocycles. The molecule has 0 radical (unpaired) electrons. The summed E-state index contributed by atoms with van der Waals surface area (Å²) in [7, 11) is 0. The molecule has 4 aromatic rings. The molecule has 1 aromatic heterocycles. The fourth-order valence-corrected chi connectivity index (χ4v) is 4.25. The number of aromatic nitrogens is 2. The first-order valence-corrected chi connectivity index (χ1v) is 11.7. The summed E-state index contributed by atoms with van der Waals surface area (Å²) in [5.74, 6) is 1.51. The second-order valence-corrected chi connectivity index (χ2v) is 8.68. The number of carbonyl (C=O) groups excluding carboxylic acids is 1. The van der Waals surface area contributed by atoms with Gasteiger partial charge in [0, 0.05) is 10.0 Å². The maximum atomic E-state index is 12.8. The molecule has 33 heavy (non-hydrogen) atoms. The van der Waals surface area contributed by atoms with Gasteiger partial charge in [0.15, 0.2) is 0 Å². The fourth-order valence-electron chi connectivity index (χ4n) is 3.85. The van der Waals surface area contributed by atoms with E-state index >= 15 is 0 Å². The van der Waals surface area contributed by atoms with Crippen LogP contribution in [0.25, 0.3) is 11.0 Å². The lowest BCUT2D eigenvalue weighted by Crippen LogP contribution is -2.29. The van der Waals surface area contributed by atoms with Crippen LogP contribution in [0.4, 0.5) is 0 Å². The summed E-state index contributed by atoms with van der Waals surface area (Å²) in [6, 6.07) is 23.1. The first-order chi connectivity index (χ1) is 16.1. The zero-order valence-corrected chi connectivity index (χ0v) is 20.1. The number of allylic oxidation sites excluding steroid dienone is 1. The quantitative estimate of drug-likeness (QED) is 0.281. The zero-order chi connectivity index (χ0) is 23.2. The van der Waals surface area contributed by atoms with E-state index in [1.807, 2.05) is 67.6 Å². The number of hydrogen-bond acceptors (Lipinski definition) is 3. The van der Waals surface area contributed by atoms with Crippen LogP contribution in [0.5, 0.6) is 5.75 Å². The van der Waals surface area contributed by atoms with Gasteiger partial charge in [-0.1, -0.05) is 58.4 Å². The van der Waals surface area contributed by atoms with Crippen LogP contribution in [-0.2, 0) is 13.0 Å². The highest BCUT2D eigenvalue weighted by Gasteiger charge is 2.19. The van der Waals surface area contributed by atoms with Crippen molar-refractivity contribution in [3.8, 4) is 5.75 Å². The van der Waals surface area contributed by atoms with Gasteiger partial charge in [0.25, 0.3) is 5.91 Å². The van der Waals surface area contributed by atoms with Gasteiger partial charge in [-0.2, -0.15) is 0 Å². The van der Waals surface area contributed by atoms with E-state index in [1.54, 1.807) is 12.1 Å². The van der Waals surface area contributed by atoms with E-state index in [9.17, 15) is 4.79 Å². The Morgan fingerprint density at radius 3 is 2.76 bits per heavy atom. The number of amides is 1. The molecule has 0 saturated heterocycles. The summed E-state index contributed by atoms with van der Waals surface area (Å²) in [6.07, 6.45) is 2.63. The van der Waals surface area contributed by atoms with Crippen LogP contribution in [0.15, 0.2) is 89.9 Å². The number of rotatable bonds is 9. The summed E-state index contributed by atoms with van der Waals surface area (Å²) in [6.45, 7) is 6.87. The van der Waals surface area contributed by atoms with Gasteiger partial charge in [0.1, 0.15) is 18.2 Å². The Hall–Kier alpha value is -3.38. The van der Waals surface area contributed by atoms with Gasteiger partial charge >= 0.3 is 0 Å². The van der Waals surface area contributed by atoms with Crippen molar-refractivity contribution >= 4 is 32.9 Å². The highest BCUT2D eigenvalue weighted by Crippen LogP contribution is 2.23. The Bertz CT molecular complexity index is 1280. The second kappa shape index (κ2) is 10.5. The smallest absolute Gasteiger partial charge is 0.251 e. The molecule has 1 heterocycles. The summed E-state index contributed by atoms with van der Waals surface area (Å²) in [5, 5.41) is 3.08. The Kier molecular flexibility index (Phi) is 7.25. The number of para-hydroxylation sites is 3. The van der Waals surface area contributed by atoms with Crippen LogP contribution in [0.2, 0.25) is 0 Å². The van der Waals surface area contributed by atoms with Gasteiger partial charge in [0.05, 0.1) is 23.6 Å². The van der Waals surface area contributed by atoms with E-state index < -0.39 is 0 Å². The second-order valence-electron chi connectivity index (χ2n) is 7.76. The normalized spacial score (nSPS) is 11.8. The van der Waals surface area contributed by atoms with Gasteiger partial charge in [-0.3, -0.25) is 4.79 Å². The molecule has 4 rings (SSSR count). The average Bonchev–Trinajstić information content (AvgIpc) is 3.19. The molecule has 0 saturated carbocycles. The van der Waals surface area contributed by atoms with E-state index in [0.29, 0.717) is 18.7 Å². The highest BCUT2D eigenvalue weighted by molar-refractivity contribution is 9.10. The monoisotopic (exact) mass is 503 g/mol. The average molecular weight is 504 g/mol. The number of halogens is 1. The Labute approximate surface area is 202 Å². The molecule has 1 atom stereocenters. The van der Waals surface area contributed by atoms with E-state index in [-0.39, 0.29) is 11.9 Å². The summed E-state index contributed by atoms with van der Waals surface area (Å²) >= 11 is 3.42. The minimum atomic E-state index is -0.281. The van der Waals surface area contributed by atoms with Crippen molar-refractivity contribution in [1.29, 1.82) is 0 Å². The van der Waals surface area contributed by atoms with E-state index in [0.717, 1.165) is 39.1 Å².